The third kappa shape index (κ3) is 3.85. The predicted molar refractivity (Wildman–Crippen MR) is 66.8 cm³/mol. The summed E-state index contributed by atoms with van der Waals surface area (Å²) in [6.45, 7) is 6.99. The van der Waals surface area contributed by atoms with E-state index in [0.717, 1.165) is 12.5 Å². The van der Waals surface area contributed by atoms with Gasteiger partial charge in [-0.05, 0) is 26.0 Å². The molecule has 4 nitrogen and oxygen atoms in total. The lowest BCUT2D eigenvalue weighted by Crippen LogP contribution is -2.26. The Morgan fingerprint density at radius 2 is 1.59 bits per heavy atom. The lowest BCUT2D eigenvalue weighted by Gasteiger charge is -2.08. The van der Waals surface area contributed by atoms with E-state index in [9.17, 15) is 13.2 Å². The van der Waals surface area contributed by atoms with Crippen LogP contribution in [0.2, 0.25) is 0 Å². The van der Waals surface area contributed by atoms with Crippen molar-refractivity contribution in [3.8, 4) is 0 Å². The zero-order chi connectivity index (χ0) is 13.6. The number of sulfone groups is 1. The van der Waals surface area contributed by atoms with Crippen molar-refractivity contribution in [2.24, 2.45) is 0 Å². The second kappa shape index (κ2) is 6.39. The number of carboxylic acid groups (broad SMARTS) is 1. The van der Waals surface area contributed by atoms with Gasteiger partial charge < -0.3 is 5.11 Å². The van der Waals surface area contributed by atoms with E-state index in [0.29, 0.717) is 0 Å². The van der Waals surface area contributed by atoms with Gasteiger partial charge in [0, 0.05) is 0 Å². The minimum atomic E-state index is -3.75. The number of aryl methyl sites for hydroxylation is 1. The Morgan fingerprint density at radius 1 is 1.18 bits per heavy atom. The molecule has 1 unspecified atom stereocenters. The van der Waals surface area contributed by atoms with Gasteiger partial charge in [-0.2, -0.15) is 0 Å². The van der Waals surface area contributed by atoms with Crippen LogP contribution in [0.25, 0.3) is 0 Å². The van der Waals surface area contributed by atoms with Crippen LogP contribution in [0.1, 0.15) is 26.3 Å². The van der Waals surface area contributed by atoms with Crippen molar-refractivity contribution in [2.75, 3.05) is 0 Å². The third-order valence-corrected chi connectivity index (χ3v) is 4.22. The molecule has 1 N–H and O–H groups in total. The van der Waals surface area contributed by atoms with Crippen molar-refractivity contribution < 1.29 is 18.3 Å². The van der Waals surface area contributed by atoms with Crippen LogP contribution in [0.15, 0.2) is 29.2 Å². The fraction of sp³-hybridized carbons (Fsp3) is 0.417. The van der Waals surface area contributed by atoms with Crippen LogP contribution in [-0.2, 0) is 14.6 Å². The normalized spacial score (nSPS) is 12.2. The number of carboxylic acids is 1. The first-order chi connectivity index (χ1) is 7.85. The topological polar surface area (TPSA) is 71.4 Å². The smallest absolute Gasteiger partial charge is 0.321 e. The Bertz CT molecular complexity index is 460. The molecule has 0 aromatic heterocycles. The minimum Gasteiger partial charge on any atom is -0.480 e. The number of benzene rings is 1. The fourth-order valence-electron chi connectivity index (χ4n) is 1.06. The van der Waals surface area contributed by atoms with Gasteiger partial charge in [0.25, 0.3) is 0 Å². The van der Waals surface area contributed by atoms with E-state index in [4.69, 9.17) is 5.11 Å². The van der Waals surface area contributed by atoms with Crippen LogP contribution < -0.4 is 0 Å². The van der Waals surface area contributed by atoms with Crippen LogP contribution in [0.4, 0.5) is 0 Å². The molecule has 1 rings (SSSR count). The van der Waals surface area contributed by atoms with Gasteiger partial charge in [0.05, 0.1) is 4.90 Å². The van der Waals surface area contributed by atoms with Gasteiger partial charge in [-0.15, -0.1) is 0 Å². The van der Waals surface area contributed by atoms with Gasteiger partial charge in [-0.3, -0.25) is 4.79 Å². The molecular formula is C12H18O4S. The fourth-order valence-corrected chi connectivity index (χ4v) is 2.25. The second-order valence-electron chi connectivity index (χ2n) is 3.34. The van der Waals surface area contributed by atoms with E-state index < -0.39 is 21.1 Å². The second-order valence-corrected chi connectivity index (χ2v) is 5.61. The maximum Gasteiger partial charge on any atom is 0.321 e. The number of hydrogen-bond donors (Lipinski definition) is 1. The number of hydrogen-bond acceptors (Lipinski definition) is 3. The highest BCUT2D eigenvalue weighted by Gasteiger charge is 2.29. The summed E-state index contributed by atoms with van der Waals surface area (Å²) in [5.41, 5.74) is 0.928. The van der Waals surface area contributed by atoms with Gasteiger partial charge in [0.15, 0.2) is 15.1 Å². The molecule has 1 aromatic carbocycles. The molecule has 0 aliphatic rings. The lowest BCUT2D eigenvalue weighted by atomic mass is 10.2. The first-order valence-corrected chi connectivity index (χ1v) is 6.93. The van der Waals surface area contributed by atoms with E-state index in [-0.39, 0.29) is 4.90 Å². The van der Waals surface area contributed by atoms with Crippen molar-refractivity contribution in [3.63, 3.8) is 0 Å². The molecule has 0 radical (unpaired) electrons. The average Bonchev–Trinajstić information content (AvgIpc) is 2.31. The molecule has 96 valence electrons. The standard InChI is InChI=1S/C10H12O4S.C2H6/c1-7-3-5-9(6-4-7)15(13,14)8(2)10(11)12;1-2/h3-6,8H,1-2H3,(H,11,12);1-2H3. The predicted octanol–water partition coefficient (Wildman–Crippen LogP) is 2.27. The number of aliphatic carboxylic acids is 1. The minimum absolute atomic E-state index is 0.0444. The summed E-state index contributed by atoms with van der Waals surface area (Å²) >= 11 is 0. The van der Waals surface area contributed by atoms with Crippen molar-refractivity contribution in [1.82, 2.24) is 0 Å². The van der Waals surface area contributed by atoms with Gasteiger partial charge in [-0.25, -0.2) is 8.42 Å². The van der Waals surface area contributed by atoms with Gasteiger partial charge in [0.2, 0.25) is 0 Å². The third-order valence-electron chi connectivity index (χ3n) is 2.16. The molecule has 0 saturated heterocycles. The first-order valence-electron chi connectivity index (χ1n) is 5.39. The molecule has 0 aliphatic heterocycles. The Labute approximate surface area is 102 Å². The molecule has 0 amide bonds. The molecule has 0 spiro atoms. The zero-order valence-electron chi connectivity index (χ0n) is 10.5. The highest BCUT2D eigenvalue weighted by Crippen LogP contribution is 2.16. The van der Waals surface area contributed by atoms with Gasteiger partial charge in [-0.1, -0.05) is 31.5 Å². The highest BCUT2D eigenvalue weighted by atomic mass is 32.2. The Hall–Kier alpha value is -1.36. The summed E-state index contributed by atoms with van der Waals surface area (Å²) in [5, 5.41) is 7.24. The summed E-state index contributed by atoms with van der Waals surface area (Å²) < 4.78 is 23.4. The van der Waals surface area contributed by atoms with Crippen LogP contribution in [0.3, 0.4) is 0 Å². The maximum absolute atomic E-state index is 11.7. The first kappa shape index (κ1) is 15.6. The molecule has 0 bridgehead atoms. The lowest BCUT2D eigenvalue weighted by molar-refractivity contribution is -0.136. The zero-order valence-corrected chi connectivity index (χ0v) is 11.3. The molecule has 1 aromatic rings. The number of carbonyl (C=O) groups is 1. The maximum atomic E-state index is 11.7. The molecule has 0 aliphatic carbocycles. The Kier molecular flexibility index (Phi) is 5.88. The van der Waals surface area contributed by atoms with Crippen LogP contribution in [0, 0.1) is 6.92 Å². The highest BCUT2D eigenvalue weighted by molar-refractivity contribution is 7.92. The Morgan fingerprint density at radius 3 is 1.94 bits per heavy atom. The summed E-state index contributed by atoms with van der Waals surface area (Å²) in [6, 6.07) is 6.12. The monoisotopic (exact) mass is 258 g/mol. The van der Waals surface area contributed by atoms with Crippen LogP contribution in [-0.4, -0.2) is 24.7 Å². The van der Waals surface area contributed by atoms with E-state index in [2.05, 4.69) is 0 Å². The van der Waals surface area contributed by atoms with Crippen molar-refractivity contribution in [3.05, 3.63) is 29.8 Å². The average molecular weight is 258 g/mol. The molecule has 1 atom stereocenters. The van der Waals surface area contributed by atoms with Gasteiger partial charge >= 0.3 is 5.97 Å². The molecular weight excluding hydrogens is 240 g/mol. The van der Waals surface area contributed by atoms with E-state index in [1.807, 2.05) is 20.8 Å². The van der Waals surface area contributed by atoms with Crippen LogP contribution in [0.5, 0.6) is 0 Å². The molecule has 0 saturated carbocycles. The van der Waals surface area contributed by atoms with Gasteiger partial charge in [0.1, 0.15) is 0 Å². The molecule has 5 heteroatoms. The SMILES string of the molecule is CC.Cc1ccc(S(=O)(=O)C(C)C(=O)O)cc1. The number of rotatable bonds is 3. The summed E-state index contributed by atoms with van der Waals surface area (Å²) in [5.74, 6) is -1.34. The van der Waals surface area contributed by atoms with Crippen molar-refractivity contribution >= 4 is 15.8 Å². The summed E-state index contributed by atoms with van der Waals surface area (Å²) in [7, 11) is -3.75. The van der Waals surface area contributed by atoms with Crippen LogP contribution >= 0.6 is 0 Å². The molecule has 0 fully saturated rings. The quantitative estimate of drug-likeness (QED) is 0.902. The van der Waals surface area contributed by atoms with Crippen molar-refractivity contribution in [1.29, 1.82) is 0 Å². The van der Waals surface area contributed by atoms with E-state index in [1.165, 1.54) is 12.1 Å². The summed E-state index contributed by atoms with van der Waals surface area (Å²) in [6.07, 6.45) is 0. The summed E-state index contributed by atoms with van der Waals surface area (Å²) in [4.78, 5) is 10.7. The Balaban J connectivity index is 0.00000121. The molecule has 0 heterocycles. The van der Waals surface area contributed by atoms with E-state index in [1.54, 1.807) is 12.1 Å². The van der Waals surface area contributed by atoms with E-state index >= 15 is 0 Å². The molecule has 17 heavy (non-hydrogen) atoms. The van der Waals surface area contributed by atoms with Crippen molar-refractivity contribution in [2.45, 2.75) is 37.8 Å². The largest absolute Gasteiger partial charge is 0.480 e.